The van der Waals surface area contributed by atoms with E-state index >= 15 is 0 Å². The van der Waals surface area contributed by atoms with Crippen LogP contribution >= 0.6 is 0 Å². The minimum atomic E-state index is -0.680. The van der Waals surface area contributed by atoms with Crippen LogP contribution in [0.4, 0.5) is 0 Å². The number of aromatic amines is 1. The van der Waals surface area contributed by atoms with Crippen LogP contribution < -0.4 is 5.73 Å². The summed E-state index contributed by atoms with van der Waals surface area (Å²) in [5, 5.41) is 0. The highest BCUT2D eigenvalue weighted by Gasteiger charge is 2.41. The molecule has 2 rings (SSSR count). The van der Waals surface area contributed by atoms with Gasteiger partial charge < -0.3 is 20.5 Å². The van der Waals surface area contributed by atoms with Gasteiger partial charge >= 0.3 is 0 Å². The number of hydrogen-bond donors (Lipinski definition) is 2. The molecule has 2 amide bonds. The molecule has 0 aromatic carbocycles. The van der Waals surface area contributed by atoms with Crippen LogP contribution in [0.25, 0.3) is 0 Å². The molecule has 1 aliphatic rings. The number of carbonyl (C=O) groups excluding carboxylic acids is 2. The second-order valence-corrected chi connectivity index (χ2v) is 13.8. The number of aromatic nitrogens is 2. The van der Waals surface area contributed by atoms with E-state index in [0.29, 0.717) is 18.9 Å². The van der Waals surface area contributed by atoms with Crippen LogP contribution in [-0.2, 0) is 16.0 Å². The maximum Gasteiger partial charge on any atom is 0.245 e. The van der Waals surface area contributed by atoms with E-state index in [0.717, 1.165) is 38.0 Å². The van der Waals surface area contributed by atoms with Crippen molar-refractivity contribution in [3.63, 3.8) is 0 Å². The molecule has 7 heteroatoms. The van der Waals surface area contributed by atoms with Gasteiger partial charge in [0.2, 0.25) is 11.8 Å². The first-order valence-corrected chi connectivity index (χ1v) is 18.8. The quantitative estimate of drug-likeness (QED) is 0.0969. The first kappa shape index (κ1) is 38.3. The van der Waals surface area contributed by atoms with Gasteiger partial charge in [0.05, 0.1) is 18.1 Å². The Morgan fingerprint density at radius 1 is 0.818 bits per heavy atom. The number of unbranched alkanes of at least 4 members (excludes halogenated alkanes) is 19. The molecule has 3 N–H and O–H groups in total. The Hall–Kier alpha value is -1.89. The first-order chi connectivity index (χ1) is 21.5. The van der Waals surface area contributed by atoms with E-state index in [1.807, 2.05) is 0 Å². The Morgan fingerprint density at radius 2 is 1.27 bits per heavy atom. The van der Waals surface area contributed by atoms with Crippen LogP contribution in [0.15, 0.2) is 12.5 Å². The maximum absolute atomic E-state index is 14.0. The number of nitrogens with one attached hydrogen (secondary N) is 1. The van der Waals surface area contributed by atoms with Gasteiger partial charge in [-0.05, 0) is 25.2 Å². The van der Waals surface area contributed by atoms with Crippen molar-refractivity contribution >= 4 is 11.8 Å². The first-order valence-electron chi connectivity index (χ1n) is 18.8. The number of nitrogens with zero attached hydrogens (tertiary/aromatic N) is 3. The van der Waals surface area contributed by atoms with E-state index < -0.39 is 12.1 Å². The van der Waals surface area contributed by atoms with Crippen molar-refractivity contribution in [2.45, 2.75) is 181 Å². The Balaban J connectivity index is 1.83. The summed E-state index contributed by atoms with van der Waals surface area (Å²) in [6.07, 6.45) is 31.7. The molecule has 1 saturated heterocycles. The zero-order chi connectivity index (χ0) is 31.8. The average Bonchev–Trinajstić information content (AvgIpc) is 3.68. The molecule has 0 unspecified atom stereocenters. The predicted octanol–water partition coefficient (Wildman–Crippen LogP) is 8.58. The molecule has 3 atom stereocenters. The van der Waals surface area contributed by atoms with Crippen molar-refractivity contribution < 1.29 is 9.59 Å². The maximum atomic E-state index is 14.0. The summed E-state index contributed by atoms with van der Waals surface area (Å²) in [6, 6.07) is -1.07. The fourth-order valence-corrected chi connectivity index (χ4v) is 6.75. The van der Waals surface area contributed by atoms with Crippen LogP contribution in [0.2, 0.25) is 0 Å². The van der Waals surface area contributed by atoms with E-state index in [1.54, 1.807) is 17.4 Å². The van der Waals surface area contributed by atoms with Crippen molar-refractivity contribution in [1.82, 2.24) is 19.8 Å². The lowest BCUT2D eigenvalue weighted by molar-refractivity contribution is -0.144. The van der Waals surface area contributed by atoms with E-state index in [9.17, 15) is 9.59 Å². The third kappa shape index (κ3) is 15.9. The predicted molar refractivity (Wildman–Crippen MR) is 184 cm³/mol. The number of hydrogen-bond acceptors (Lipinski definition) is 4. The highest BCUT2D eigenvalue weighted by molar-refractivity contribution is 5.90. The van der Waals surface area contributed by atoms with Gasteiger partial charge in [0.25, 0.3) is 0 Å². The van der Waals surface area contributed by atoms with E-state index in [2.05, 4.69) is 35.6 Å². The highest BCUT2D eigenvalue weighted by Crippen LogP contribution is 2.26. The molecule has 1 aromatic rings. The smallest absolute Gasteiger partial charge is 0.245 e. The van der Waals surface area contributed by atoms with E-state index in [1.165, 1.54) is 122 Å². The topological polar surface area (TPSA) is 95.3 Å². The molecule has 44 heavy (non-hydrogen) atoms. The van der Waals surface area contributed by atoms with E-state index in [4.69, 9.17) is 5.73 Å². The largest absolute Gasteiger partial charge is 0.351 e. The molecule has 2 heterocycles. The minimum Gasteiger partial charge on any atom is -0.351 e. The molecule has 0 radical (unpaired) electrons. The van der Waals surface area contributed by atoms with Crippen molar-refractivity contribution in [3.05, 3.63) is 18.2 Å². The minimum absolute atomic E-state index is 0.121. The zero-order valence-corrected chi connectivity index (χ0v) is 29.0. The zero-order valence-electron chi connectivity index (χ0n) is 29.0. The monoisotopic (exact) mass is 616 g/mol. The molecular weight excluding hydrogens is 546 g/mol. The molecule has 0 bridgehead atoms. The summed E-state index contributed by atoms with van der Waals surface area (Å²) < 4.78 is 0. The third-order valence-corrected chi connectivity index (χ3v) is 9.50. The van der Waals surface area contributed by atoms with Crippen molar-refractivity contribution in [1.29, 1.82) is 0 Å². The van der Waals surface area contributed by atoms with Gasteiger partial charge in [-0.1, -0.05) is 143 Å². The van der Waals surface area contributed by atoms with Crippen LogP contribution in [0.3, 0.4) is 0 Å². The van der Waals surface area contributed by atoms with Gasteiger partial charge in [-0.25, -0.2) is 4.98 Å². The fraction of sp³-hybridized carbons (Fsp3) is 0.865. The van der Waals surface area contributed by atoms with Gasteiger partial charge in [-0.2, -0.15) is 0 Å². The second-order valence-electron chi connectivity index (χ2n) is 13.8. The van der Waals surface area contributed by atoms with Gasteiger partial charge in [0, 0.05) is 32.3 Å². The molecule has 0 aliphatic carbocycles. The molecule has 1 fully saturated rings. The standard InChI is InChI=1S/C37H69N5O2/c1-4-6-8-10-12-14-16-18-20-22-24-26-41(25-23-21-19-17-15-13-11-9-7-5-2)37(44)35-27-32(3)30-42(35)36(43)34(38)28-33-29-39-31-40-33/h29,31-32,34-35H,4-28,30,38H2,1-3H3,(H,39,40)/t32-,34-,35-/m0/s1. The summed E-state index contributed by atoms with van der Waals surface area (Å²) in [6.45, 7) is 8.90. The van der Waals surface area contributed by atoms with Crippen LogP contribution in [-0.4, -0.2) is 63.3 Å². The van der Waals surface area contributed by atoms with Gasteiger partial charge in [-0.3, -0.25) is 9.59 Å². The van der Waals surface area contributed by atoms with Gasteiger partial charge in [-0.15, -0.1) is 0 Å². The van der Waals surface area contributed by atoms with Crippen LogP contribution in [0.1, 0.15) is 168 Å². The average molecular weight is 616 g/mol. The lowest BCUT2D eigenvalue weighted by atomic mass is 10.0. The van der Waals surface area contributed by atoms with Crippen molar-refractivity contribution in [2.75, 3.05) is 19.6 Å². The molecule has 0 spiro atoms. The number of carbonyl (C=O) groups is 2. The summed E-state index contributed by atoms with van der Waals surface area (Å²) in [7, 11) is 0. The molecule has 0 saturated carbocycles. The Labute approximate surface area is 270 Å². The molecular formula is C37H69N5O2. The lowest BCUT2D eigenvalue weighted by Gasteiger charge is -2.31. The van der Waals surface area contributed by atoms with Crippen molar-refractivity contribution in [3.8, 4) is 0 Å². The third-order valence-electron chi connectivity index (χ3n) is 9.50. The molecule has 254 valence electrons. The Kier molecular flexibility index (Phi) is 21.2. The molecule has 1 aromatic heterocycles. The fourth-order valence-electron chi connectivity index (χ4n) is 6.75. The molecule has 7 nitrogen and oxygen atoms in total. The SMILES string of the molecule is CCCCCCCCCCCCCN(CCCCCCCCCCCC)C(=O)[C@@H]1C[C@H](C)CN1C(=O)[C@@H](N)Cc1c[nH]cn1. The number of nitrogens with two attached hydrogens (primary N) is 1. The van der Waals surface area contributed by atoms with Gasteiger partial charge in [0.15, 0.2) is 0 Å². The number of H-pyrrole nitrogens is 1. The van der Waals surface area contributed by atoms with Crippen LogP contribution in [0, 0.1) is 5.92 Å². The summed E-state index contributed by atoms with van der Waals surface area (Å²) >= 11 is 0. The summed E-state index contributed by atoms with van der Waals surface area (Å²) in [5.74, 6) is 0.314. The lowest BCUT2D eigenvalue weighted by Crippen LogP contribution is -2.53. The Morgan fingerprint density at radius 3 is 1.70 bits per heavy atom. The number of imidazole rings is 1. The van der Waals surface area contributed by atoms with Gasteiger partial charge in [0.1, 0.15) is 6.04 Å². The van der Waals surface area contributed by atoms with Crippen molar-refractivity contribution in [2.24, 2.45) is 11.7 Å². The normalized spacial score (nSPS) is 17.3. The highest BCUT2D eigenvalue weighted by atomic mass is 16.2. The van der Waals surface area contributed by atoms with Crippen LogP contribution in [0.5, 0.6) is 0 Å². The van der Waals surface area contributed by atoms with E-state index in [-0.39, 0.29) is 11.8 Å². The second kappa shape index (κ2) is 24.4. The summed E-state index contributed by atoms with van der Waals surface area (Å²) in [4.78, 5) is 38.5. The molecule has 1 aliphatic heterocycles. The Bertz CT molecular complexity index is 845. The number of amides is 2. The number of likely N-dealkylation sites (tertiary alicyclic amines) is 1. The summed E-state index contributed by atoms with van der Waals surface area (Å²) in [5.41, 5.74) is 7.13. The number of rotatable bonds is 27.